The van der Waals surface area contributed by atoms with E-state index >= 15 is 0 Å². The molecule has 3 rings (SSSR count). The summed E-state index contributed by atoms with van der Waals surface area (Å²) in [6.07, 6.45) is 0. The summed E-state index contributed by atoms with van der Waals surface area (Å²) in [4.78, 5) is 5.08. The van der Waals surface area contributed by atoms with Crippen molar-refractivity contribution in [3.8, 4) is 11.5 Å². The average Bonchev–Trinajstić information content (AvgIpc) is 2.76. The van der Waals surface area contributed by atoms with Crippen LogP contribution in [0.2, 0.25) is 0 Å². The molecule has 1 atom stereocenters. The first-order valence-electron chi connectivity index (χ1n) is 4.89. The van der Waals surface area contributed by atoms with Gasteiger partial charge in [0.15, 0.2) is 0 Å². The second-order valence-electron chi connectivity index (χ2n) is 3.64. The molecule has 0 fully saturated rings. The van der Waals surface area contributed by atoms with Crippen LogP contribution in [0, 0.1) is 5.92 Å². The summed E-state index contributed by atoms with van der Waals surface area (Å²) in [6.45, 7) is 1.26. The van der Waals surface area contributed by atoms with Crippen molar-refractivity contribution in [3.05, 3.63) is 23.8 Å². The molecule has 0 radical (unpaired) electrons. The van der Waals surface area contributed by atoms with Gasteiger partial charge >= 0.3 is 0 Å². The van der Waals surface area contributed by atoms with E-state index in [1.54, 1.807) is 7.11 Å². The number of methoxy groups -OCH3 is 1. The first-order valence-corrected chi connectivity index (χ1v) is 4.89. The van der Waals surface area contributed by atoms with E-state index in [2.05, 4.69) is 5.16 Å². The third-order valence-corrected chi connectivity index (χ3v) is 2.73. The van der Waals surface area contributed by atoms with Crippen LogP contribution in [0.4, 0.5) is 0 Å². The number of oxime groups is 1. The van der Waals surface area contributed by atoms with Crippen molar-refractivity contribution in [2.75, 3.05) is 20.3 Å². The molecule has 4 heteroatoms. The summed E-state index contributed by atoms with van der Waals surface area (Å²) in [5.41, 5.74) is 2.02. The lowest BCUT2D eigenvalue weighted by Gasteiger charge is -2.21. The van der Waals surface area contributed by atoms with Gasteiger partial charge in [-0.1, -0.05) is 5.16 Å². The zero-order chi connectivity index (χ0) is 10.3. The van der Waals surface area contributed by atoms with Crippen molar-refractivity contribution in [3.63, 3.8) is 0 Å². The van der Waals surface area contributed by atoms with E-state index in [4.69, 9.17) is 14.3 Å². The molecule has 0 aromatic heterocycles. The molecular weight excluding hydrogens is 194 g/mol. The third-order valence-electron chi connectivity index (χ3n) is 2.73. The van der Waals surface area contributed by atoms with Crippen LogP contribution in [0.25, 0.3) is 0 Å². The van der Waals surface area contributed by atoms with Gasteiger partial charge in [-0.3, -0.25) is 0 Å². The standard InChI is InChI=1S/C11H11NO3/c1-13-8-2-3-9-10(4-8)14-5-7-6-15-12-11(7)9/h2-4,7H,5-6H2,1H3. The van der Waals surface area contributed by atoms with E-state index in [-0.39, 0.29) is 5.92 Å². The predicted molar refractivity (Wildman–Crippen MR) is 54.5 cm³/mol. The van der Waals surface area contributed by atoms with Gasteiger partial charge in [-0.15, -0.1) is 0 Å². The van der Waals surface area contributed by atoms with E-state index in [1.807, 2.05) is 18.2 Å². The minimum atomic E-state index is 0.283. The maximum atomic E-state index is 5.64. The highest BCUT2D eigenvalue weighted by Crippen LogP contribution is 2.33. The van der Waals surface area contributed by atoms with Crippen molar-refractivity contribution in [1.29, 1.82) is 0 Å². The maximum absolute atomic E-state index is 5.64. The Morgan fingerprint density at radius 2 is 2.33 bits per heavy atom. The fourth-order valence-corrected chi connectivity index (χ4v) is 1.90. The van der Waals surface area contributed by atoms with Crippen molar-refractivity contribution >= 4 is 5.71 Å². The highest BCUT2D eigenvalue weighted by atomic mass is 16.6. The topological polar surface area (TPSA) is 40.0 Å². The molecule has 1 aromatic rings. The van der Waals surface area contributed by atoms with Crippen LogP contribution in [0.3, 0.4) is 0 Å². The summed E-state index contributed by atoms with van der Waals surface area (Å²) in [5, 5.41) is 4.05. The lowest BCUT2D eigenvalue weighted by Crippen LogP contribution is -2.27. The Hall–Kier alpha value is -1.71. The highest BCUT2D eigenvalue weighted by molar-refractivity contribution is 6.05. The molecule has 0 spiro atoms. The summed E-state index contributed by atoms with van der Waals surface area (Å²) >= 11 is 0. The lowest BCUT2D eigenvalue weighted by molar-refractivity contribution is 0.136. The molecule has 0 N–H and O–H groups in total. The van der Waals surface area contributed by atoms with Gasteiger partial charge in [0, 0.05) is 11.6 Å². The van der Waals surface area contributed by atoms with Crippen molar-refractivity contribution < 1.29 is 14.3 Å². The van der Waals surface area contributed by atoms with E-state index in [1.165, 1.54) is 0 Å². The van der Waals surface area contributed by atoms with Crippen LogP contribution >= 0.6 is 0 Å². The van der Waals surface area contributed by atoms with Gasteiger partial charge in [-0.2, -0.15) is 0 Å². The van der Waals surface area contributed by atoms with Crippen molar-refractivity contribution in [1.82, 2.24) is 0 Å². The average molecular weight is 205 g/mol. The molecule has 2 heterocycles. The second-order valence-corrected chi connectivity index (χ2v) is 3.64. The van der Waals surface area contributed by atoms with E-state index in [0.29, 0.717) is 13.2 Å². The molecule has 0 saturated heterocycles. The Labute approximate surface area is 87.4 Å². The second kappa shape index (κ2) is 3.15. The molecule has 15 heavy (non-hydrogen) atoms. The number of fused-ring (bicyclic) bond motifs is 3. The van der Waals surface area contributed by atoms with E-state index in [0.717, 1.165) is 22.8 Å². The largest absolute Gasteiger partial charge is 0.497 e. The van der Waals surface area contributed by atoms with Gasteiger partial charge in [-0.05, 0) is 12.1 Å². The van der Waals surface area contributed by atoms with Crippen LogP contribution in [0.15, 0.2) is 23.4 Å². The van der Waals surface area contributed by atoms with E-state index in [9.17, 15) is 0 Å². The van der Waals surface area contributed by atoms with Crippen LogP contribution in [0.5, 0.6) is 11.5 Å². The van der Waals surface area contributed by atoms with Crippen molar-refractivity contribution in [2.24, 2.45) is 11.1 Å². The molecule has 0 bridgehead atoms. The quantitative estimate of drug-likeness (QED) is 0.696. The first kappa shape index (κ1) is 8.59. The Balaban J connectivity index is 2.07. The highest BCUT2D eigenvalue weighted by Gasteiger charge is 2.31. The van der Waals surface area contributed by atoms with Gasteiger partial charge < -0.3 is 14.3 Å². The monoisotopic (exact) mass is 205 g/mol. The van der Waals surface area contributed by atoms with Gasteiger partial charge in [0.25, 0.3) is 0 Å². The smallest absolute Gasteiger partial charge is 0.132 e. The predicted octanol–water partition coefficient (Wildman–Crippen LogP) is 1.44. The Morgan fingerprint density at radius 3 is 3.20 bits per heavy atom. The molecule has 0 saturated carbocycles. The Bertz CT molecular complexity index is 428. The first-order chi connectivity index (χ1) is 7.38. The summed E-state index contributed by atoms with van der Waals surface area (Å²) in [5.74, 6) is 1.91. The molecule has 2 aliphatic rings. The lowest BCUT2D eigenvalue weighted by atomic mass is 9.95. The number of hydrogen-bond donors (Lipinski definition) is 0. The van der Waals surface area contributed by atoms with Crippen LogP contribution in [-0.2, 0) is 4.84 Å². The van der Waals surface area contributed by atoms with Gasteiger partial charge in [-0.25, -0.2) is 0 Å². The van der Waals surface area contributed by atoms with Gasteiger partial charge in [0.2, 0.25) is 0 Å². The zero-order valence-electron chi connectivity index (χ0n) is 8.40. The molecule has 78 valence electrons. The molecular formula is C11H11NO3. The number of benzene rings is 1. The van der Waals surface area contributed by atoms with Crippen LogP contribution in [0.1, 0.15) is 5.56 Å². The maximum Gasteiger partial charge on any atom is 0.132 e. The van der Waals surface area contributed by atoms with Crippen LogP contribution in [-0.4, -0.2) is 26.0 Å². The number of hydrogen-bond acceptors (Lipinski definition) is 4. The van der Waals surface area contributed by atoms with Gasteiger partial charge in [0.05, 0.1) is 13.0 Å². The minimum absolute atomic E-state index is 0.283. The normalized spacial score (nSPS) is 21.9. The van der Waals surface area contributed by atoms with E-state index < -0.39 is 0 Å². The summed E-state index contributed by atoms with van der Waals surface area (Å²) < 4.78 is 10.8. The molecule has 1 unspecified atom stereocenters. The fourth-order valence-electron chi connectivity index (χ4n) is 1.90. The number of ether oxygens (including phenoxy) is 2. The summed E-state index contributed by atoms with van der Waals surface area (Å²) in [7, 11) is 1.64. The Kier molecular flexibility index (Phi) is 1.80. The third kappa shape index (κ3) is 1.25. The molecule has 1 aromatic carbocycles. The van der Waals surface area contributed by atoms with Crippen molar-refractivity contribution in [2.45, 2.75) is 0 Å². The molecule has 2 aliphatic heterocycles. The molecule has 0 aliphatic carbocycles. The zero-order valence-corrected chi connectivity index (χ0v) is 8.40. The SMILES string of the molecule is COc1ccc2c(c1)OCC1CON=C21. The van der Waals surface area contributed by atoms with Gasteiger partial charge in [0.1, 0.15) is 30.4 Å². The van der Waals surface area contributed by atoms with Crippen LogP contribution < -0.4 is 9.47 Å². The summed E-state index contributed by atoms with van der Waals surface area (Å²) in [6, 6.07) is 5.76. The minimum Gasteiger partial charge on any atom is -0.497 e. The number of rotatable bonds is 1. The number of nitrogens with zero attached hydrogens (tertiary/aromatic N) is 1. The Morgan fingerprint density at radius 1 is 1.40 bits per heavy atom. The fraction of sp³-hybridized carbons (Fsp3) is 0.364. The molecule has 0 amide bonds. The molecule has 4 nitrogen and oxygen atoms in total.